The van der Waals surface area contributed by atoms with Gasteiger partial charge in [-0.05, 0) is 29.8 Å². The molecule has 0 aliphatic heterocycles. The summed E-state index contributed by atoms with van der Waals surface area (Å²) in [5, 5.41) is 4.16. The monoisotopic (exact) mass is 241 g/mol. The molecule has 18 heavy (non-hydrogen) atoms. The number of carbonyl (C=O) groups is 1. The van der Waals surface area contributed by atoms with E-state index in [2.05, 4.69) is 5.10 Å². The molecule has 2 N–H and O–H groups in total. The maximum atomic E-state index is 11.8. The largest absolute Gasteiger partial charge is 0.398 e. The first-order valence-electron chi connectivity index (χ1n) is 5.69. The molecule has 0 bridgehead atoms. The number of benzene rings is 1. The molecule has 0 fully saturated rings. The molecule has 1 heterocycles. The molecule has 2 aromatic rings. The first kappa shape index (κ1) is 12.1. The first-order chi connectivity index (χ1) is 8.65. The molecule has 1 aromatic carbocycles. The van der Waals surface area contributed by atoms with E-state index in [1.54, 1.807) is 16.8 Å². The van der Waals surface area contributed by atoms with Crippen molar-refractivity contribution in [3.63, 3.8) is 0 Å². The summed E-state index contributed by atoms with van der Waals surface area (Å²) in [6.07, 6.45) is 5.39. The lowest BCUT2D eigenvalue weighted by atomic mass is 10.1. The molecule has 0 unspecified atom stereocenters. The minimum absolute atomic E-state index is 0.0125. The van der Waals surface area contributed by atoms with Crippen LogP contribution in [-0.2, 0) is 18.3 Å². The van der Waals surface area contributed by atoms with Gasteiger partial charge in [0.2, 0.25) is 0 Å². The van der Waals surface area contributed by atoms with Gasteiger partial charge in [0.15, 0.2) is 5.78 Å². The number of aryl methyl sites for hydroxylation is 1. The second-order valence-corrected chi connectivity index (χ2v) is 4.09. The van der Waals surface area contributed by atoms with Gasteiger partial charge >= 0.3 is 0 Å². The summed E-state index contributed by atoms with van der Waals surface area (Å²) >= 11 is 0. The van der Waals surface area contributed by atoms with Gasteiger partial charge in [0.1, 0.15) is 0 Å². The van der Waals surface area contributed by atoms with Crippen molar-refractivity contribution in [1.29, 1.82) is 0 Å². The van der Waals surface area contributed by atoms with Crippen molar-refractivity contribution < 1.29 is 4.79 Å². The van der Waals surface area contributed by atoms with Crippen molar-refractivity contribution in [3.05, 3.63) is 53.9 Å². The van der Waals surface area contributed by atoms with Gasteiger partial charge in [-0.1, -0.05) is 18.2 Å². The zero-order valence-electron chi connectivity index (χ0n) is 10.2. The molecule has 0 amide bonds. The summed E-state index contributed by atoms with van der Waals surface area (Å²) in [6.45, 7) is 0. The van der Waals surface area contributed by atoms with Crippen LogP contribution in [-0.4, -0.2) is 15.6 Å². The Morgan fingerprint density at radius 1 is 1.39 bits per heavy atom. The average Bonchev–Trinajstić information content (AvgIpc) is 2.76. The summed E-state index contributed by atoms with van der Waals surface area (Å²) in [7, 11) is 1.84. The quantitative estimate of drug-likeness (QED) is 0.656. The summed E-state index contributed by atoms with van der Waals surface area (Å²) in [6, 6.07) is 9.24. The molecule has 0 saturated carbocycles. The number of ketones is 1. The number of nitrogen functional groups attached to an aromatic ring is 1. The Labute approximate surface area is 106 Å². The highest BCUT2D eigenvalue weighted by atomic mass is 16.1. The van der Waals surface area contributed by atoms with Gasteiger partial charge in [-0.3, -0.25) is 9.48 Å². The van der Waals surface area contributed by atoms with Gasteiger partial charge in [0.05, 0.1) is 5.69 Å². The van der Waals surface area contributed by atoms with Crippen LogP contribution in [0.1, 0.15) is 11.3 Å². The standard InChI is InChI=1S/C14H15N3O/c1-17-9-8-12(16-17)6-7-13(18)10-11-4-2-3-5-14(11)15/h2-9H,10,15H2,1H3/b7-6+. The minimum Gasteiger partial charge on any atom is -0.398 e. The normalized spacial score (nSPS) is 10.9. The number of anilines is 1. The van der Waals surface area contributed by atoms with Gasteiger partial charge in [-0.15, -0.1) is 0 Å². The third kappa shape index (κ3) is 3.07. The van der Waals surface area contributed by atoms with E-state index in [1.807, 2.05) is 37.5 Å². The second kappa shape index (κ2) is 5.31. The number of rotatable bonds is 4. The van der Waals surface area contributed by atoms with E-state index in [0.29, 0.717) is 12.1 Å². The SMILES string of the molecule is Cn1ccc(/C=C/C(=O)Cc2ccccc2N)n1. The van der Waals surface area contributed by atoms with Crippen LogP contribution in [0.4, 0.5) is 5.69 Å². The molecule has 0 atom stereocenters. The van der Waals surface area contributed by atoms with Crippen LogP contribution in [0.5, 0.6) is 0 Å². The maximum Gasteiger partial charge on any atom is 0.160 e. The fraction of sp³-hybridized carbons (Fsp3) is 0.143. The average molecular weight is 241 g/mol. The number of nitrogens with zero attached hydrogens (tertiary/aromatic N) is 2. The lowest BCUT2D eigenvalue weighted by molar-refractivity contribution is -0.113. The van der Waals surface area contributed by atoms with Crippen LogP contribution in [0.2, 0.25) is 0 Å². The van der Waals surface area contributed by atoms with Crippen molar-refractivity contribution >= 4 is 17.5 Å². The lowest BCUT2D eigenvalue weighted by Gasteiger charge is -2.01. The van der Waals surface area contributed by atoms with Crippen LogP contribution in [0.3, 0.4) is 0 Å². The highest BCUT2D eigenvalue weighted by molar-refractivity contribution is 5.95. The van der Waals surface area contributed by atoms with E-state index in [-0.39, 0.29) is 5.78 Å². The van der Waals surface area contributed by atoms with Crippen LogP contribution in [0, 0.1) is 0 Å². The van der Waals surface area contributed by atoms with Crippen LogP contribution < -0.4 is 5.73 Å². The molecule has 0 aliphatic rings. The Morgan fingerprint density at radius 3 is 2.83 bits per heavy atom. The fourth-order valence-corrected chi connectivity index (χ4v) is 1.64. The Balaban J connectivity index is 2.01. The summed E-state index contributed by atoms with van der Waals surface area (Å²) < 4.78 is 1.69. The van der Waals surface area contributed by atoms with Crippen LogP contribution in [0.15, 0.2) is 42.6 Å². The van der Waals surface area contributed by atoms with Gasteiger partial charge in [0.25, 0.3) is 0 Å². The molecule has 4 heteroatoms. The van der Waals surface area contributed by atoms with Crippen LogP contribution in [0.25, 0.3) is 6.08 Å². The Morgan fingerprint density at radius 2 is 2.17 bits per heavy atom. The number of aromatic nitrogens is 2. The van der Waals surface area contributed by atoms with Gasteiger partial charge < -0.3 is 5.73 Å². The summed E-state index contributed by atoms with van der Waals surface area (Å²) in [5.41, 5.74) is 8.06. The molecule has 92 valence electrons. The van der Waals surface area contributed by atoms with Gasteiger partial charge in [0, 0.05) is 25.4 Å². The highest BCUT2D eigenvalue weighted by Crippen LogP contribution is 2.11. The van der Waals surface area contributed by atoms with E-state index >= 15 is 0 Å². The molecule has 0 aliphatic carbocycles. The van der Waals surface area contributed by atoms with Gasteiger partial charge in [-0.2, -0.15) is 5.10 Å². The topological polar surface area (TPSA) is 60.9 Å². The molecule has 0 spiro atoms. The third-order valence-electron chi connectivity index (χ3n) is 2.59. The number of allylic oxidation sites excluding steroid dienone is 1. The van der Waals surface area contributed by atoms with Gasteiger partial charge in [-0.25, -0.2) is 0 Å². The Bertz CT molecular complexity index is 584. The molecule has 1 aromatic heterocycles. The molecule has 0 saturated heterocycles. The number of carbonyl (C=O) groups excluding carboxylic acids is 1. The van der Waals surface area contributed by atoms with E-state index in [4.69, 9.17) is 5.73 Å². The van der Waals surface area contributed by atoms with Crippen molar-refractivity contribution in [2.75, 3.05) is 5.73 Å². The van der Waals surface area contributed by atoms with Crippen molar-refractivity contribution in [2.24, 2.45) is 7.05 Å². The maximum absolute atomic E-state index is 11.8. The summed E-state index contributed by atoms with van der Waals surface area (Å²) in [4.78, 5) is 11.8. The van der Waals surface area contributed by atoms with Crippen LogP contribution >= 0.6 is 0 Å². The molecular formula is C14H15N3O. The number of hydrogen-bond acceptors (Lipinski definition) is 3. The fourth-order valence-electron chi connectivity index (χ4n) is 1.64. The molecule has 4 nitrogen and oxygen atoms in total. The number of para-hydroxylation sites is 1. The predicted molar refractivity (Wildman–Crippen MR) is 71.8 cm³/mol. The third-order valence-corrected chi connectivity index (χ3v) is 2.59. The smallest absolute Gasteiger partial charge is 0.160 e. The second-order valence-electron chi connectivity index (χ2n) is 4.09. The number of hydrogen-bond donors (Lipinski definition) is 1. The Hall–Kier alpha value is -2.36. The van der Waals surface area contributed by atoms with E-state index in [0.717, 1.165) is 11.3 Å². The minimum atomic E-state index is 0.0125. The van der Waals surface area contributed by atoms with Crippen molar-refractivity contribution in [3.8, 4) is 0 Å². The van der Waals surface area contributed by atoms with E-state index < -0.39 is 0 Å². The predicted octanol–water partition coefficient (Wildman–Crippen LogP) is 1.83. The lowest BCUT2D eigenvalue weighted by Crippen LogP contribution is -2.01. The number of nitrogens with two attached hydrogens (primary N) is 1. The molecule has 2 rings (SSSR count). The van der Waals surface area contributed by atoms with Crippen molar-refractivity contribution in [2.45, 2.75) is 6.42 Å². The van der Waals surface area contributed by atoms with Crippen molar-refractivity contribution in [1.82, 2.24) is 9.78 Å². The summed E-state index contributed by atoms with van der Waals surface area (Å²) in [5.74, 6) is 0.0125. The molecule has 0 radical (unpaired) electrons. The highest BCUT2D eigenvalue weighted by Gasteiger charge is 2.03. The first-order valence-corrected chi connectivity index (χ1v) is 5.69. The van der Waals surface area contributed by atoms with E-state index in [9.17, 15) is 4.79 Å². The Kier molecular flexibility index (Phi) is 3.57. The zero-order chi connectivity index (χ0) is 13.0. The van der Waals surface area contributed by atoms with E-state index in [1.165, 1.54) is 6.08 Å². The zero-order valence-corrected chi connectivity index (χ0v) is 10.2. The molecular weight excluding hydrogens is 226 g/mol.